The largest absolute Gasteiger partial charge is 0.322 e. The minimum absolute atomic E-state index is 0.0196. The number of hydrogen-bond donors (Lipinski definition) is 1. The molecule has 1 N–H and O–H groups in total. The molecule has 1 aromatic carbocycles. The van der Waals surface area contributed by atoms with Gasteiger partial charge in [-0.25, -0.2) is 8.78 Å². The van der Waals surface area contributed by atoms with Crippen molar-refractivity contribution in [1.82, 2.24) is 4.98 Å². The van der Waals surface area contributed by atoms with E-state index in [4.69, 9.17) is 0 Å². The molecule has 0 spiro atoms. The van der Waals surface area contributed by atoms with Crippen LogP contribution in [-0.2, 0) is 0 Å². The van der Waals surface area contributed by atoms with Gasteiger partial charge in [-0.15, -0.1) is 0 Å². The Hall–Kier alpha value is -2.31. The molecule has 1 heterocycles. The van der Waals surface area contributed by atoms with Crippen molar-refractivity contribution in [2.24, 2.45) is 0 Å². The van der Waals surface area contributed by atoms with Crippen LogP contribution >= 0.6 is 0 Å². The molecule has 0 bridgehead atoms. The van der Waals surface area contributed by atoms with Crippen molar-refractivity contribution in [2.75, 3.05) is 0 Å². The van der Waals surface area contributed by atoms with E-state index in [-0.39, 0.29) is 16.6 Å². The summed E-state index contributed by atoms with van der Waals surface area (Å²) in [6.07, 6.45) is -2.86. The molecule has 0 radical (unpaired) electrons. The highest BCUT2D eigenvalue weighted by atomic mass is 19.3. The number of aromatic nitrogens is 1. The molecule has 1 aromatic heterocycles. The molecule has 0 aliphatic heterocycles. The van der Waals surface area contributed by atoms with E-state index in [1.807, 2.05) is 0 Å². The van der Waals surface area contributed by atoms with Crippen LogP contribution in [0, 0.1) is 10.1 Å². The van der Waals surface area contributed by atoms with Gasteiger partial charge in [-0.2, -0.15) is 0 Å². The molecule has 88 valence electrons. The Bertz CT molecular complexity index is 652. The highest BCUT2D eigenvalue weighted by molar-refractivity contribution is 5.84. The summed E-state index contributed by atoms with van der Waals surface area (Å²) >= 11 is 0. The Morgan fingerprint density at radius 1 is 1.29 bits per heavy atom. The highest BCUT2D eigenvalue weighted by Crippen LogP contribution is 2.27. The van der Waals surface area contributed by atoms with Gasteiger partial charge in [0.05, 0.1) is 4.92 Å². The summed E-state index contributed by atoms with van der Waals surface area (Å²) < 4.78 is 25.4. The minimum atomic E-state index is -2.86. The van der Waals surface area contributed by atoms with Crippen LogP contribution in [0.3, 0.4) is 0 Å². The number of H-pyrrole nitrogens is 1. The van der Waals surface area contributed by atoms with Gasteiger partial charge >= 0.3 is 0 Å². The monoisotopic (exact) mass is 240 g/mol. The van der Waals surface area contributed by atoms with E-state index in [1.54, 1.807) is 0 Å². The second-order valence-electron chi connectivity index (χ2n) is 3.38. The molecule has 2 rings (SSSR count). The first-order chi connectivity index (χ1) is 7.99. The number of non-ortho nitro benzene ring substituents is 1. The lowest BCUT2D eigenvalue weighted by atomic mass is 10.1. The van der Waals surface area contributed by atoms with Gasteiger partial charge in [0.2, 0.25) is 5.56 Å². The number of nitrogens with zero attached hydrogens (tertiary/aromatic N) is 1. The van der Waals surface area contributed by atoms with Gasteiger partial charge < -0.3 is 4.98 Å². The van der Waals surface area contributed by atoms with E-state index in [0.29, 0.717) is 0 Å². The number of rotatable bonds is 2. The number of nitrogens with one attached hydrogen (secondary N) is 1. The summed E-state index contributed by atoms with van der Waals surface area (Å²) in [5.74, 6) is 0. The Labute approximate surface area is 92.8 Å². The fourth-order valence-electron chi connectivity index (χ4n) is 1.56. The SMILES string of the molecule is O=c1cc(C(F)F)c2cc([N+](=O)[O-])ccc2[nH]1. The van der Waals surface area contributed by atoms with E-state index < -0.39 is 22.5 Å². The quantitative estimate of drug-likeness (QED) is 0.646. The minimum Gasteiger partial charge on any atom is -0.322 e. The van der Waals surface area contributed by atoms with Crippen molar-refractivity contribution in [3.05, 3.63) is 50.3 Å². The second-order valence-corrected chi connectivity index (χ2v) is 3.38. The molecule has 0 aliphatic rings. The van der Waals surface area contributed by atoms with Gasteiger partial charge in [-0.3, -0.25) is 14.9 Å². The van der Waals surface area contributed by atoms with Crippen molar-refractivity contribution < 1.29 is 13.7 Å². The number of aromatic amines is 1. The molecular formula is C10H6F2N2O3. The van der Waals surface area contributed by atoms with Crippen molar-refractivity contribution in [1.29, 1.82) is 0 Å². The lowest BCUT2D eigenvalue weighted by Gasteiger charge is -2.04. The van der Waals surface area contributed by atoms with Gasteiger partial charge in [0, 0.05) is 34.7 Å². The first-order valence-corrected chi connectivity index (χ1v) is 4.58. The first kappa shape index (κ1) is 11.2. The van der Waals surface area contributed by atoms with Crippen LogP contribution in [0.15, 0.2) is 29.1 Å². The molecule has 0 fully saturated rings. The lowest BCUT2D eigenvalue weighted by Crippen LogP contribution is -2.07. The summed E-state index contributed by atoms with van der Waals surface area (Å²) in [5, 5.41) is 10.5. The Morgan fingerprint density at radius 3 is 2.59 bits per heavy atom. The normalized spacial score (nSPS) is 11.0. The zero-order valence-corrected chi connectivity index (χ0v) is 8.31. The van der Waals surface area contributed by atoms with Gasteiger partial charge in [0.1, 0.15) is 0 Å². The predicted octanol–water partition coefficient (Wildman–Crippen LogP) is 2.37. The molecule has 0 amide bonds. The van der Waals surface area contributed by atoms with Crippen LogP contribution in [-0.4, -0.2) is 9.91 Å². The maximum absolute atomic E-state index is 12.7. The highest BCUT2D eigenvalue weighted by Gasteiger charge is 2.15. The molecule has 0 unspecified atom stereocenters. The van der Waals surface area contributed by atoms with Crippen molar-refractivity contribution in [2.45, 2.75) is 6.43 Å². The Kier molecular flexibility index (Phi) is 2.58. The van der Waals surface area contributed by atoms with Crippen molar-refractivity contribution in [3.63, 3.8) is 0 Å². The summed E-state index contributed by atoms with van der Waals surface area (Å²) in [7, 11) is 0. The molecule has 0 aliphatic carbocycles. The fourth-order valence-corrected chi connectivity index (χ4v) is 1.56. The molecule has 2 aromatic rings. The number of pyridine rings is 1. The van der Waals surface area contributed by atoms with Crippen LogP contribution in [0.1, 0.15) is 12.0 Å². The number of nitro groups is 1. The third kappa shape index (κ3) is 1.99. The Balaban J connectivity index is 2.82. The third-order valence-corrected chi connectivity index (χ3v) is 2.30. The third-order valence-electron chi connectivity index (χ3n) is 2.30. The van der Waals surface area contributed by atoms with Crippen LogP contribution in [0.25, 0.3) is 10.9 Å². The smallest absolute Gasteiger partial charge is 0.270 e. The van der Waals surface area contributed by atoms with E-state index in [0.717, 1.165) is 18.2 Å². The number of halogens is 2. The molecular weight excluding hydrogens is 234 g/mol. The summed E-state index contributed by atoms with van der Waals surface area (Å²) in [6, 6.07) is 4.15. The van der Waals surface area contributed by atoms with Gasteiger partial charge in [0.25, 0.3) is 12.1 Å². The predicted molar refractivity (Wildman–Crippen MR) is 56.2 cm³/mol. The summed E-state index contributed by atoms with van der Waals surface area (Å²) in [4.78, 5) is 23.3. The molecule has 5 nitrogen and oxygen atoms in total. The maximum Gasteiger partial charge on any atom is 0.270 e. The molecule has 17 heavy (non-hydrogen) atoms. The number of alkyl halides is 2. The van der Waals surface area contributed by atoms with E-state index >= 15 is 0 Å². The van der Waals surface area contributed by atoms with Crippen molar-refractivity contribution >= 4 is 16.6 Å². The van der Waals surface area contributed by atoms with Gasteiger partial charge in [0.15, 0.2) is 0 Å². The van der Waals surface area contributed by atoms with E-state index in [1.165, 1.54) is 6.07 Å². The summed E-state index contributed by atoms with van der Waals surface area (Å²) in [6.45, 7) is 0. The average molecular weight is 240 g/mol. The van der Waals surface area contributed by atoms with Crippen LogP contribution in [0.4, 0.5) is 14.5 Å². The molecule has 7 heteroatoms. The molecule has 0 saturated carbocycles. The first-order valence-electron chi connectivity index (χ1n) is 4.58. The number of nitro benzene ring substituents is 1. The molecule has 0 atom stereocenters. The van der Waals surface area contributed by atoms with E-state index in [9.17, 15) is 23.7 Å². The van der Waals surface area contributed by atoms with Crippen LogP contribution in [0.2, 0.25) is 0 Å². The maximum atomic E-state index is 12.7. The Morgan fingerprint density at radius 2 is 2.00 bits per heavy atom. The van der Waals surface area contributed by atoms with Crippen LogP contribution < -0.4 is 5.56 Å². The topological polar surface area (TPSA) is 76.0 Å². The zero-order valence-electron chi connectivity index (χ0n) is 8.31. The standard InChI is InChI=1S/C10H6F2N2O3/c11-10(12)7-4-9(15)13-8-2-1-5(14(16)17)3-6(7)8/h1-4,10H,(H,13,15). The van der Waals surface area contributed by atoms with Gasteiger partial charge in [-0.1, -0.05) is 0 Å². The number of benzene rings is 1. The zero-order chi connectivity index (χ0) is 12.6. The van der Waals surface area contributed by atoms with Crippen LogP contribution in [0.5, 0.6) is 0 Å². The van der Waals surface area contributed by atoms with Gasteiger partial charge in [-0.05, 0) is 6.07 Å². The number of fused-ring (bicyclic) bond motifs is 1. The molecule has 0 saturated heterocycles. The fraction of sp³-hybridized carbons (Fsp3) is 0.100. The lowest BCUT2D eigenvalue weighted by molar-refractivity contribution is -0.384. The summed E-state index contributed by atoms with van der Waals surface area (Å²) in [5.41, 5.74) is -1.32. The second kappa shape index (κ2) is 3.93. The average Bonchev–Trinajstić information content (AvgIpc) is 2.26. The van der Waals surface area contributed by atoms with E-state index in [2.05, 4.69) is 4.98 Å². The number of hydrogen-bond acceptors (Lipinski definition) is 3. The van der Waals surface area contributed by atoms with Crippen molar-refractivity contribution in [3.8, 4) is 0 Å².